The third kappa shape index (κ3) is 4.00. The van der Waals surface area contributed by atoms with Crippen LogP contribution >= 0.6 is 0 Å². The van der Waals surface area contributed by atoms with E-state index in [1.54, 1.807) is 43.3 Å². The Labute approximate surface area is 129 Å². The Bertz CT molecular complexity index is 707. The first-order valence-corrected chi connectivity index (χ1v) is 6.77. The van der Waals surface area contributed by atoms with Crippen molar-refractivity contribution in [1.82, 2.24) is 4.90 Å². The van der Waals surface area contributed by atoms with Crippen molar-refractivity contribution in [3.63, 3.8) is 0 Å². The van der Waals surface area contributed by atoms with Crippen LogP contribution < -0.4 is 10.1 Å². The van der Waals surface area contributed by atoms with Crippen LogP contribution in [0.2, 0.25) is 0 Å². The van der Waals surface area contributed by atoms with Crippen molar-refractivity contribution >= 4 is 11.7 Å². The number of nitrogens with zero attached hydrogens (tertiary/aromatic N) is 2. The number of rotatable bonds is 4. The van der Waals surface area contributed by atoms with Crippen molar-refractivity contribution in [1.29, 1.82) is 5.26 Å². The molecule has 2 rings (SSSR count). The second-order valence-corrected chi connectivity index (χ2v) is 4.83. The zero-order chi connectivity index (χ0) is 15.9. The molecule has 0 aliphatic heterocycles. The van der Waals surface area contributed by atoms with Crippen molar-refractivity contribution in [2.75, 3.05) is 19.5 Å². The van der Waals surface area contributed by atoms with Crippen molar-refractivity contribution in [2.24, 2.45) is 0 Å². The molecule has 5 heteroatoms. The van der Waals surface area contributed by atoms with Crippen molar-refractivity contribution in [3.8, 4) is 11.8 Å². The molecule has 2 aromatic carbocycles. The number of methoxy groups -OCH3 is 1. The molecule has 0 aliphatic carbocycles. The molecule has 0 saturated heterocycles. The summed E-state index contributed by atoms with van der Waals surface area (Å²) in [6.07, 6.45) is 0. The largest absolute Gasteiger partial charge is 0.497 e. The van der Waals surface area contributed by atoms with Crippen LogP contribution in [0.3, 0.4) is 0 Å². The number of hydrogen-bond acceptors (Lipinski definition) is 3. The highest BCUT2D eigenvalue weighted by molar-refractivity contribution is 5.89. The first-order chi connectivity index (χ1) is 10.6. The molecule has 2 amide bonds. The molecular weight excluding hydrogens is 278 g/mol. The van der Waals surface area contributed by atoms with E-state index in [0.29, 0.717) is 23.5 Å². The maximum atomic E-state index is 12.2. The van der Waals surface area contributed by atoms with Gasteiger partial charge >= 0.3 is 6.03 Å². The number of nitriles is 1. The summed E-state index contributed by atoms with van der Waals surface area (Å²) in [5, 5.41) is 11.7. The predicted octanol–water partition coefficient (Wildman–Crippen LogP) is 3.23. The Kier molecular flexibility index (Phi) is 4.99. The predicted molar refractivity (Wildman–Crippen MR) is 84.6 cm³/mol. The fourth-order valence-electron chi connectivity index (χ4n) is 2.00. The normalized spacial score (nSPS) is 9.68. The van der Waals surface area contributed by atoms with Gasteiger partial charge in [0.05, 0.1) is 18.7 Å². The van der Waals surface area contributed by atoms with E-state index in [9.17, 15) is 4.79 Å². The SMILES string of the molecule is COc1cccc(NC(=O)N(C)Cc2cccc(C#N)c2)c1. The maximum Gasteiger partial charge on any atom is 0.321 e. The monoisotopic (exact) mass is 295 g/mol. The fraction of sp³-hybridized carbons (Fsp3) is 0.176. The number of benzene rings is 2. The number of nitrogens with one attached hydrogen (secondary N) is 1. The van der Waals surface area contributed by atoms with Crippen LogP contribution in [0.1, 0.15) is 11.1 Å². The number of carbonyl (C=O) groups excluding carboxylic acids is 1. The van der Waals surface area contributed by atoms with Crippen LogP contribution in [0.5, 0.6) is 5.75 Å². The van der Waals surface area contributed by atoms with Gasteiger partial charge in [-0.1, -0.05) is 18.2 Å². The highest BCUT2D eigenvalue weighted by Gasteiger charge is 2.10. The molecule has 0 bridgehead atoms. The topological polar surface area (TPSA) is 65.4 Å². The number of urea groups is 1. The van der Waals surface area contributed by atoms with E-state index >= 15 is 0 Å². The highest BCUT2D eigenvalue weighted by Crippen LogP contribution is 2.17. The minimum absolute atomic E-state index is 0.226. The lowest BCUT2D eigenvalue weighted by Gasteiger charge is -2.18. The summed E-state index contributed by atoms with van der Waals surface area (Å²) in [5.41, 5.74) is 2.16. The standard InChI is InChI=1S/C17H17N3O2/c1-20(12-14-6-3-5-13(9-14)11-18)17(21)19-15-7-4-8-16(10-15)22-2/h3-10H,12H2,1-2H3,(H,19,21). The average Bonchev–Trinajstić information content (AvgIpc) is 2.55. The van der Waals surface area contributed by atoms with Gasteiger partial charge in [0.25, 0.3) is 0 Å². The molecule has 0 unspecified atom stereocenters. The second kappa shape index (κ2) is 7.14. The Balaban J connectivity index is 2.01. The molecule has 2 aromatic rings. The smallest absolute Gasteiger partial charge is 0.321 e. The lowest BCUT2D eigenvalue weighted by Crippen LogP contribution is -2.30. The van der Waals surface area contributed by atoms with Gasteiger partial charge in [-0.05, 0) is 29.8 Å². The van der Waals surface area contributed by atoms with E-state index < -0.39 is 0 Å². The molecule has 0 spiro atoms. The van der Waals surface area contributed by atoms with Crippen molar-refractivity contribution in [3.05, 3.63) is 59.7 Å². The first kappa shape index (κ1) is 15.4. The zero-order valence-corrected chi connectivity index (χ0v) is 12.5. The Morgan fingerprint density at radius 1 is 1.27 bits per heavy atom. The van der Waals surface area contributed by atoms with E-state index in [2.05, 4.69) is 11.4 Å². The number of anilines is 1. The molecule has 0 saturated carbocycles. The fourth-order valence-corrected chi connectivity index (χ4v) is 2.00. The molecule has 0 fully saturated rings. The Morgan fingerprint density at radius 3 is 2.77 bits per heavy atom. The second-order valence-electron chi connectivity index (χ2n) is 4.83. The van der Waals surface area contributed by atoms with E-state index in [4.69, 9.17) is 10.00 Å². The molecule has 112 valence electrons. The lowest BCUT2D eigenvalue weighted by molar-refractivity contribution is 0.220. The summed E-state index contributed by atoms with van der Waals surface area (Å²) in [6.45, 7) is 0.422. The van der Waals surface area contributed by atoms with Crippen LogP contribution in [0.25, 0.3) is 0 Å². The van der Waals surface area contributed by atoms with E-state index in [1.807, 2.05) is 24.3 Å². The lowest BCUT2D eigenvalue weighted by atomic mass is 10.1. The molecule has 0 atom stereocenters. The van der Waals surface area contributed by atoms with Crippen LogP contribution in [0.15, 0.2) is 48.5 Å². The molecule has 5 nitrogen and oxygen atoms in total. The van der Waals surface area contributed by atoms with Gasteiger partial charge in [0.1, 0.15) is 5.75 Å². The summed E-state index contributed by atoms with van der Waals surface area (Å²) in [4.78, 5) is 13.7. The molecule has 0 aromatic heterocycles. The molecule has 0 heterocycles. The summed E-state index contributed by atoms with van der Waals surface area (Å²) >= 11 is 0. The van der Waals surface area contributed by atoms with Gasteiger partial charge in [0, 0.05) is 25.3 Å². The van der Waals surface area contributed by atoms with E-state index in [0.717, 1.165) is 5.56 Å². The molecule has 22 heavy (non-hydrogen) atoms. The minimum atomic E-state index is -0.226. The number of amides is 2. The quantitative estimate of drug-likeness (QED) is 0.941. The minimum Gasteiger partial charge on any atom is -0.497 e. The Hall–Kier alpha value is -3.00. The number of carbonyl (C=O) groups is 1. The van der Waals surface area contributed by atoms with Crippen molar-refractivity contribution < 1.29 is 9.53 Å². The van der Waals surface area contributed by atoms with Crippen LogP contribution in [-0.2, 0) is 6.54 Å². The van der Waals surface area contributed by atoms with E-state index in [-0.39, 0.29) is 6.03 Å². The summed E-state index contributed by atoms with van der Waals surface area (Å²) in [6, 6.07) is 16.2. The van der Waals surface area contributed by atoms with Gasteiger partial charge in [0.2, 0.25) is 0 Å². The first-order valence-electron chi connectivity index (χ1n) is 6.77. The van der Waals surface area contributed by atoms with Crippen molar-refractivity contribution in [2.45, 2.75) is 6.54 Å². The van der Waals surface area contributed by atoms with Gasteiger partial charge in [-0.25, -0.2) is 4.79 Å². The summed E-state index contributed by atoms with van der Waals surface area (Å²) in [5.74, 6) is 0.683. The van der Waals surface area contributed by atoms with Crippen LogP contribution in [0, 0.1) is 11.3 Å². The van der Waals surface area contributed by atoms with Gasteiger partial charge in [-0.2, -0.15) is 5.26 Å². The van der Waals surface area contributed by atoms with Gasteiger partial charge in [-0.15, -0.1) is 0 Å². The van der Waals surface area contributed by atoms with E-state index in [1.165, 1.54) is 0 Å². The molecular formula is C17H17N3O2. The number of ether oxygens (including phenoxy) is 1. The summed E-state index contributed by atoms with van der Waals surface area (Å²) < 4.78 is 5.12. The van der Waals surface area contributed by atoms with Crippen LogP contribution in [0.4, 0.5) is 10.5 Å². The summed E-state index contributed by atoms with van der Waals surface area (Å²) in [7, 11) is 3.28. The van der Waals surface area contributed by atoms with Crippen LogP contribution in [-0.4, -0.2) is 25.1 Å². The van der Waals surface area contributed by atoms with Gasteiger partial charge < -0.3 is 15.0 Å². The third-order valence-electron chi connectivity index (χ3n) is 3.14. The molecule has 0 aliphatic rings. The highest BCUT2D eigenvalue weighted by atomic mass is 16.5. The molecule has 1 N–H and O–H groups in total. The Morgan fingerprint density at radius 2 is 2.05 bits per heavy atom. The third-order valence-corrected chi connectivity index (χ3v) is 3.14. The number of hydrogen-bond donors (Lipinski definition) is 1. The zero-order valence-electron chi connectivity index (χ0n) is 12.5. The molecule has 0 radical (unpaired) electrons. The van der Waals surface area contributed by atoms with Gasteiger partial charge in [-0.3, -0.25) is 0 Å². The maximum absolute atomic E-state index is 12.2. The van der Waals surface area contributed by atoms with Gasteiger partial charge in [0.15, 0.2) is 0 Å². The average molecular weight is 295 g/mol.